The van der Waals surface area contributed by atoms with Gasteiger partial charge in [-0.1, -0.05) is 0 Å². The van der Waals surface area contributed by atoms with Gasteiger partial charge in [0.25, 0.3) is 5.91 Å². The number of carbonyl (C=O) groups is 1. The van der Waals surface area contributed by atoms with E-state index in [2.05, 4.69) is 9.97 Å². The van der Waals surface area contributed by atoms with E-state index in [1.54, 1.807) is 23.5 Å². The van der Waals surface area contributed by atoms with Crippen LogP contribution in [-0.4, -0.2) is 38.8 Å². The number of rotatable bonds is 2. The molecular weight excluding hydrogens is 332 g/mol. The first-order valence-corrected chi connectivity index (χ1v) is 8.87. The average Bonchev–Trinajstić information content (AvgIpc) is 3.05. The van der Waals surface area contributed by atoms with Crippen LogP contribution in [0, 0.1) is 0 Å². The number of alkyl halides is 2. The van der Waals surface area contributed by atoms with E-state index in [0.717, 1.165) is 17.0 Å². The summed E-state index contributed by atoms with van der Waals surface area (Å²) in [6.07, 6.45) is 6.32. The zero-order valence-electron chi connectivity index (χ0n) is 13.0. The number of amides is 1. The number of halogens is 2. The normalized spacial score (nSPS) is 21.5. The molecule has 0 bridgehead atoms. The molecule has 2 aromatic heterocycles. The van der Waals surface area contributed by atoms with E-state index in [1.807, 2.05) is 12.1 Å². The van der Waals surface area contributed by atoms with Crippen LogP contribution in [-0.2, 0) is 0 Å². The Hall–Kier alpha value is -1.89. The van der Waals surface area contributed by atoms with Crippen molar-refractivity contribution in [3.8, 4) is 10.6 Å². The molecule has 2 aromatic rings. The molecule has 0 aromatic carbocycles. The topological polar surface area (TPSA) is 46.1 Å². The van der Waals surface area contributed by atoms with Crippen molar-refractivity contribution >= 4 is 17.2 Å². The van der Waals surface area contributed by atoms with Gasteiger partial charge in [0, 0.05) is 42.9 Å². The lowest BCUT2D eigenvalue weighted by Gasteiger charge is -2.55. The Labute approximate surface area is 142 Å². The Kier molecular flexibility index (Phi) is 3.63. The van der Waals surface area contributed by atoms with Crippen molar-refractivity contribution in [2.24, 2.45) is 0 Å². The Bertz CT molecular complexity index is 752. The van der Waals surface area contributed by atoms with Crippen LogP contribution in [0.3, 0.4) is 0 Å². The Morgan fingerprint density at radius 1 is 1.12 bits per heavy atom. The quantitative estimate of drug-likeness (QED) is 0.823. The summed E-state index contributed by atoms with van der Waals surface area (Å²) < 4.78 is 26.9. The number of nitrogens with zero attached hydrogens (tertiary/aromatic N) is 3. The van der Waals surface area contributed by atoms with E-state index in [4.69, 9.17) is 0 Å². The Morgan fingerprint density at radius 2 is 1.83 bits per heavy atom. The maximum atomic E-state index is 13.4. The maximum Gasteiger partial charge on any atom is 0.266 e. The monoisotopic (exact) mass is 349 g/mol. The summed E-state index contributed by atoms with van der Waals surface area (Å²) in [7, 11) is 0. The van der Waals surface area contributed by atoms with E-state index in [1.165, 1.54) is 11.3 Å². The van der Waals surface area contributed by atoms with Gasteiger partial charge in [0.2, 0.25) is 5.92 Å². The first-order chi connectivity index (χ1) is 11.5. The van der Waals surface area contributed by atoms with Crippen LogP contribution in [0.15, 0.2) is 30.7 Å². The zero-order chi connectivity index (χ0) is 16.8. The summed E-state index contributed by atoms with van der Waals surface area (Å²) >= 11 is 1.34. The van der Waals surface area contributed by atoms with Gasteiger partial charge in [0.15, 0.2) is 0 Å². The molecule has 7 heteroatoms. The fourth-order valence-corrected chi connectivity index (χ4v) is 4.46. The highest BCUT2D eigenvalue weighted by atomic mass is 32.1. The molecule has 0 N–H and O–H groups in total. The van der Waals surface area contributed by atoms with Gasteiger partial charge in [-0.15, -0.1) is 11.3 Å². The molecule has 1 aliphatic carbocycles. The second-order valence-corrected chi connectivity index (χ2v) is 7.58. The maximum absolute atomic E-state index is 13.4. The van der Waals surface area contributed by atoms with Crippen LogP contribution in [0.4, 0.5) is 8.78 Å². The fourth-order valence-electron chi connectivity index (χ4n) is 3.59. The fraction of sp³-hybridized carbons (Fsp3) is 0.471. The predicted molar refractivity (Wildman–Crippen MR) is 87.1 cm³/mol. The third-order valence-electron chi connectivity index (χ3n) is 5.17. The van der Waals surface area contributed by atoms with Crippen molar-refractivity contribution < 1.29 is 13.6 Å². The van der Waals surface area contributed by atoms with Gasteiger partial charge < -0.3 is 4.90 Å². The summed E-state index contributed by atoms with van der Waals surface area (Å²) in [5.41, 5.74) is 0.559. The molecular formula is C17H17F2N3OS. The van der Waals surface area contributed by atoms with Gasteiger partial charge in [0.05, 0.1) is 6.20 Å². The zero-order valence-corrected chi connectivity index (χ0v) is 13.9. The minimum absolute atomic E-state index is 0.0794. The van der Waals surface area contributed by atoms with Crippen LogP contribution >= 0.6 is 11.3 Å². The van der Waals surface area contributed by atoms with Crippen LogP contribution in [0.1, 0.15) is 41.8 Å². The molecule has 0 radical (unpaired) electrons. The van der Waals surface area contributed by atoms with E-state index in [9.17, 15) is 13.6 Å². The first kappa shape index (κ1) is 15.6. The molecule has 24 heavy (non-hydrogen) atoms. The summed E-state index contributed by atoms with van der Waals surface area (Å²) in [6, 6.07) is 3.70. The lowest BCUT2D eigenvalue weighted by atomic mass is 9.71. The molecule has 4 nitrogen and oxygen atoms in total. The Morgan fingerprint density at radius 3 is 2.46 bits per heavy atom. The number of pyridine rings is 1. The number of aromatic nitrogens is 2. The second-order valence-electron chi connectivity index (χ2n) is 6.55. The van der Waals surface area contributed by atoms with Gasteiger partial charge >= 0.3 is 0 Å². The van der Waals surface area contributed by atoms with Crippen LogP contribution in [0.5, 0.6) is 0 Å². The predicted octanol–water partition coefficient (Wildman–Crippen LogP) is 4.00. The van der Waals surface area contributed by atoms with Crippen LogP contribution in [0.2, 0.25) is 0 Å². The molecule has 1 amide bonds. The highest BCUT2D eigenvalue weighted by molar-refractivity contribution is 7.16. The van der Waals surface area contributed by atoms with Crippen LogP contribution < -0.4 is 0 Å². The third-order valence-corrected chi connectivity index (χ3v) is 6.21. The van der Waals surface area contributed by atoms with E-state index >= 15 is 0 Å². The number of thiazole rings is 1. The van der Waals surface area contributed by atoms with Crippen LogP contribution in [0.25, 0.3) is 10.6 Å². The largest absolute Gasteiger partial charge is 0.332 e. The molecule has 1 spiro atoms. The van der Waals surface area contributed by atoms with Crippen molar-refractivity contribution in [2.45, 2.75) is 43.6 Å². The first-order valence-electron chi connectivity index (χ1n) is 8.05. The molecule has 1 saturated heterocycles. The van der Waals surface area contributed by atoms with Crippen molar-refractivity contribution in [1.29, 1.82) is 0 Å². The Balaban J connectivity index is 1.52. The highest BCUT2D eigenvalue weighted by Gasteiger charge is 2.53. The minimum Gasteiger partial charge on any atom is -0.332 e. The van der Waals surface area contributed by atoms with Crippen molar-refractivity contribution in [2.75, 3.05) is 6.54 Å². The number of hydrogen-bond acceptors (Lipinski definition) is 4. The van der Waals surface area contributed by atoms with Crippen molar-refractivity contribution in [3.63, 3.8) is 0 Å². The molecule has 3 heterocycles. The van der Waals surface area contributed by atoms with Gasteiger partial charge in [-0.3, -0.25) is 9.78 Å². The number of likely N-dealkylation sites (tertiary alicyclic amines) is 1. The standard InChI is InChI=1S/C17H17F2N3OS/c18-17(19)5-3-16(4-6-17)7-10-22(16)15(23)13-11-21-14(24-13)12-1-8-20-9-2-12/h1-2,8-9,11H,3-7,10H2. The summed E-state index contributed by atoms with van der Waals surface area (Å²) in [6.45, 7) is 0.646. The summed E-state index contributed by atoms with van der Waals surface area (Å²) in [5, 5.41) is 0.769. The van der Waals surface area contributed by atoms with Gasteiger partial charge in [-0.05, 0) is 31.4 Å². The van der Waals surface area contributed by atoms with Gasteiger partial charge in [-0.2, -0.15) is 0 Å². The van der Waals surface area contributed by atoms with Crippen molar-refractivity contribution in [1.82, 2.24) is 14.9 Å². The molecule has 126 valence electrons. The molecule has 4 rings (SSSR count). The molecule has 2 fully saturated rings. The lowest BCUT2D eigenvalue weighted by molar-refractivity contribution is -0.104. The minimum atomic E-state index is -2.57. The lowest BCUT2D eigenvalue weighted by Crippen LogP contribution is -2.64. The number of hydrogen-bond donors (Lipinski definition) is 0. The second kappa shape index (κ2) is 5.58. The van der Waals surface area contributed by atoms with Crippen molar-refractivity contribution in [3.05, 3.63) is 35.6 Å². The highest BCUT2D eigenvalue weighted by Crippen LogP contribution is 2.48. The van der Waals surface area contributed by atoms with E-state index in [-0.39, 0.29) is 24.3 Å². The molecule has 2 aliphatic rings. The smallest absolute Gasteiger partial charge is 0.266 e. The molecule has 1 saturated carbocycles. The summed E-state index contributed by atoms with van der Waals surface area (Å²) in [5.74, 6) is -2.65. The SMILES string of the molecule is O=C(c1cnc(-c2ccncc2)s1)N1CCC12CCC(F)(F)CC2. The molecule has 0 unspecified atom stereocenters. The van der Waals surface area contributed by atoms with E-state index in [0.29, 0.717) is 24.3 Å². The third kappa shape index (κ3) is 2.60. The van der Waals surface area contributed by atoms with Gasteiger partial charge in [-0.25, -0.2) is 13.8 Å². The van der Waals surface area contributed by atoms with E-state index < -0.39 is 5.92 Å². The number of carbonyl (C=O) groups excluding carboxylic acids is 1. The van der Waals surface area contributed by atoms with Gasteiger partial charge in [0.1, 0.15) is 9.88 Å². The average molecular weight is 349 g/mol. The molecule has 0 atom stereocenters. The summed E-state index contributed by atoms with van der Waals surface area (Å²) in [4.78, 5) is 23.5. The molecule has 1 aliphatic heterocycles.